The van der Waals surface area contributed by atoms with Crippen molar-refractivity contribution >= 4 is 34.2 Å². The maximum absolute atomic E-state index is 12.1. The van der Waals surface area contributed by atoms with Gasteiger partial charge in [-0.05, 0) is 37.3 Å². The second-order valence-corrected chi connectivity index (χ2v) is 5.65. The zero-order chi connectivity index (χ0) is 18.0. The van der Waals surface area contributed by atoms with Gasteiger partial charge in [0.1, 0.15) is 0 Å². The Labute approximate surface area is 143 Å². The molecule has 128 valence electrons. The average Bonchev–Trinajstić information content (AvgIpc) is 2.87. The van der Waals surface area contributed by atoms with Gasteiger partial charge >= 0.3 is 5.76 Å². The van der Waals surface area contributed by atoms with Gasteiger partial charge in [0, 0.05) is 24.0 Å². The molecule has 0 fully saturated rings. The van der Waals surface area contributed by atoms with Crippen LogP contribution in [-0.4, -0.2) is 22.8 Å². The SMILES string of the molecule is CC(=O)c1cccc(NC(=O)CNc2ccc3oc(=O)n(C)c3c2)c1. The fourth-order valence-corrected chi connectivity index (χ4v) is 2.44. The van der Waals surface area contributed by atoms with Crippen LogP contribution < -0.4 is 16.4 Å². The zero-order valence-electron chi connectivity index (χ0n) is 13.8. The van der Waals surface area contributed by atoms with Gasteiger partial charge in [0.15, 0.2) is 11.4 Å². The van der Waals surface area contributed by atoms with E-state index >= 15 is 0 Å². The van der Waals surface area contributed by atoms with Crippen LogP contribution in [0.1, 0.15) is 17.3 Å². The highest BCUT2D eigenvalue weighted by molar-refractivity contribution is 5.98. The van der Waals surface area contributed by atoms with E-state index in [1.54, 1.807) is 49.5 Å². The van der Waals surface area contributed by atoms with E-state index in [1.807, 2.05) is 0 Å². The lowest BCUT2D eigenvalue weighted by atomic mass is 10.1. The van der Waals surface area contributed by atoms with Crippen LogP contribution in [0.15, 0.2) is 51.7 Å². The third kappa shape index (κ3) is 3.60. The molecule has 3 rings (SSSR count). The highest BCUT2D eigenvalue weighted by Crippen LogP contribution is 2.17. The number of ketones is 1. The number of oxazole rings is 1. The minimum Gasteiger partial charge on any atom is -0.408 e. The molecule has 0 radical (unpaired) electrons. The highest BCUT2D eigenvalue weighted by atomic mass is 16.4. The normalized spacial score (nSPS) is 10.6. The van der Waals surface area contributed by atoms with E-state index in [0.29, 0.717) is 28.0 Å². The number of amides is 1. The molecule has 0 spiro atoms. The number of aryl methyl sites for hydroxylation is 1. The van der Waals surface area contributed by atoms with E-state index in [1.165, 1.54) is 11.5 Å². The molecule has 7 nitrogen and oxygen atoms in total. The van der Waals surface area contributed by atoms with Crippen LogP contribution >= 0.6 is 0 Å². The molecule has 0 bridgehead atoms. The Kier molecular flexibility index (Phi) is 4.38. The van der Waals surface area contributed by atoms with E-state index in [4.69, 9.17) is 4.42 Å². The summed E-state index contributed by atoms with van der Waals surface area (Å²) in [4.78, 5) is 34.9. The summed E-state index contributed by atoms with van der Waals surface area (Å²) in [6, 6.07) is 11.9. The van der Waals surface area contributed by atoms with Crippen molar-refractivity contribution in [2.45, 2.75) is 6.92 Å². The smallest absolute Gasteiger partial charge is 0.408 e. The first-order valence-corrected chi connectivity index (χ1v) is 7.68. The largest absolute Gasteiger partial charge is 0.419 e. The molecular formula is C18H17N3O4. The molecule has 2 aromatic carbocycles. The van der Waals surface area contributed by atoms with Gasteiger partial charge in [-0.25, -0.2) is 4.79 Å². The van der Waals surface area contributed by atoms with Crippen molar-refractivity contribution in [1.82, 2.24) is 4.57 Å². The summed E-state index contributed by atoms with van der Waals surface area (Å²) in [6.45, 7) is 1.52. The van der Waals surface area contributed by atoms with E-state index in [0.717, 1.165) is 0 Å². The Morgan fingerprint density at radius 2 is 1.92 bits per heavy atom. The van der Waals surface area contributed by atoms with Crippen molar-refractivity contribution in [1.29, 1.82) is 0 Å². The number of carbonyl (C=O) groups is 2. The van der Waals surface area contributed by atoms with Crippen molar-refractivity contribution in [2.75, 3.05) is 17.2 Å². The van der Waals surface area contributed by atoms with Gasteiger partial charge in [-0.2, -0.15) is 0 Å². The predicted octanol–water partition coefficient (Wildman–Crippen LogP) is 2.38. The predicted molar refractivity (Wildman–Crippen MR) is 95.0 cm³/mol. The molecule has 0 saturated heterocycles. The summed E-state index contributed by atoms with van der Waals surface area (Å²) in [7, 11) is 1.62. The van der Waals surface area contributed by atoms with Gasteiger partial charge in [0.2, 0.25) is 5.91 Å². The third-order valence-corrected chi connectivity index (χ3v) is 3.80. The molecule has 1 amide bonds. The number of nitrogens with zero attached hydrogens (tertiary/aromatic N) is 1. The molecule has 0 aliphatic carbocycles. The van der Waals surface area contributed by atoms with Gasteiger partial charge in [0.25, 0.3) is 0 Å². The maximum Gasteiger partial charge on any atom is 0.419 e. The first-order chi connectivity index (χ1) is 11.9. The molecule has 1 heterocycles. The van der Waals surface area contributed by atoms with Crippen LogP contribution in [0.5, 0.6) is 0 Å². The second-order valence-electron chi connectivity index (χ2n) is 5.65. The number of fused-ring (bicyclic) bond motifs is 1. The average molecular weight is 339 g/mol. The Balaban J connectivity index is 1.66. The Bertz CT molecular complexity index is 1020. The number of carbonyl (C=O) groups excluding carboxylic acids is 2. The monoisotopic (exact) mass is 339 g/mol. The third-order valence-electron chi connectivity index (χ3n) is 3.80. The summed E-state index contributed by atoms with van der Waals surface area (Å²) in [5.41, 5.74) is 2.92. The minimum atomic E-state index is -0.435. The molecule has 0 aliphatic rings. The Morgan fingerprint density at radius 1 is 1.12 bits per heavy atom. The van der Waals surface area contributed by atoms with E-state index < -0.39 is 5.76 Å². The molecule has 2 N–H and O–H groups in total. The van der Waals surface area contributed by atoms with Gasteiger partial charge in [-0.3, -0.25) is 14.2 Å². The van der Waals surface area contributed by atoms with E-state index in [2.05, 4.69) is 10.6 Å². The molecular weight excluding hydrogens is 322 g/mol. The first-order valence-electron chi connectivity index (χ1n) is 7.68. The highest BCUT2D eigenvalue weighted by Gasteiger charge is 2.08. The van der Waals surface area contributed by atoms with Gasteiger partial charge in [0.05, 0.1) is 12.1 Å². The van der Waals surface area contributed by atoms with Crippen LogP contribution in [0.2, 0.25) is 0 Å². The zero-order valence-corrected chi connectivity index (χ0v) is 13.8. The Morgan fingerprint density at radius 3 is 2.68 bits per heavy atom. The summed E-state index contributed by atoms with van der Waals surface area (Å²) in [6.07, 6.45) is 0. The minimum absolute atomic E-state index is 0.0433. The summed E-state index contributed by atoms with van der Waals surface area (Å²) in [5.74, 6) is -0.745. The van der Waals surface area contributed by atoms with Crippen molar-refractivity contribution in [2.24, 2.45) is 7.05 Å². The fraction of sp³-hybridized carbons (Fsp3) is 0.167. The van der Waals surface area contributed by atoms with E-state index in [9.17, 15) is 14.4 Å². The fourth-order valence-electron chi connectivity index (χ4n) is 2.44. The van der Waals surface area contributed by atoms with Gasteiger partial charge < -0.3 is 15.1 Å². The van der Waals surface area contributed by atoms with Crippen LogP contribution in [0, 0.1) is 0 Å². The molecule has 25 heavy (non-hydrogen) atoms. The second kappa shape index (κ2) is 6.64. The number of hydrogen-bond acceptors (Lipinski definition) is 5. The molecule has 7 heteroatoms. The number of aromatic nitrogens is 1. The number of benzene rings is 2. The van der Waals surface area contributed by atoms with Crippen molar-refractivity contribution in [3.8, 4) is 0 Å². The van der Waals surface area contributed by atoms with E-state index in [-0.39, 0.29) is 18.2 Å². The quantitative estimate of drug-likeness (QED) is 0.696. The number of Topliss-reactive ketones (excluding diaryl/α,β-unsaturated/α-hetero) is 1. The Hall–Kier alpha value is -3.35. The number of hydrogen-bond donors (Lipinski definition) is 2. The number of anilines is 2. The topological polar surface area (TPSA) is 93.3 Å². The van der Waals surface area contributed by atoms with Gasteiger partial charge in [-0.15, -0.1) is 0 Å². The summed E-state index contributed by atoms with van der Waals surface area (Å²) in [5, 5.41) is 5.73. The lowest BCUT2D eigenvalue weighted by Crippen LogP contribution is -2.21. The van der Waals surface area contributed by atoms with Crippen molar-refractivity contribution in [3.63, 3.8) is 0 Å². The van der Waals surface area contributed by atoms with Crippen molar-refractivity contribution < 1.29 is 14.0 Å². The first kappa shape index (κ1) is 16.5. The molecule has 0 saturated carbocycles. The van der Waals surface area contributed by atoms with Crippen LogP contribution in [0.4, 0.5) is 11.4 Å². The molecule has 1 aromatic heterocycles. The number of rotatable bonds is 5. The number of nitrogens with one attached hydrogen (secondary N) is 2. The lowest BCUT2D eigenvalue weighted by molar-refractivity contribution is -0.114. The van der Waals surface area contributed by atoms with Crippen molar-refractivity contribution in [3.05, 3.63) is 58.6 Å². The molecule has 3 aromatic rings. The molecule has 0 unspecified atom stereocenters. The molecule has 0 atom stereocenters. The standard InChI is InChI=1S/C18H17N3O4/c1-11(22)12-4-3-5-14(8-12)20-17(23)10-19-13-6-7-16-15(9-13)21(2)18(24)25-16/h3-9,19H,10H2,1-2H3,(H,20,23). The van der Waals surface area contributed by atoms with Crippen LogP contribution in [0.3, 0.4) is 0 Å². The maximum atomic E-state index is 12.1. The van der Waals surface area contributed by atoms with Gasteiger partial charge in [-0.1, -0.05) is 12.1 Å². The summed E-state index contributed by atoms with van der Waals surface area (Å²) >= 11 is 0. The summed E-state index contributed by atoms with van der Waals surface area (Å²) < 4.78 is 6.46. The molecule has 0 aliphatic heterocycles. The van der Waals surface area contributed by atoms with Crippen LogP contribution in [-0.2, 0) is 11.8 Å². The van der Waals surface area contributed by atoms with Crippen LogP contribution in [0.25, 0.3) is 11.1 Å². The lowest BCUT2D eigenvalue weighted by Gasteiger charge is -2.08.